The van der Waals surface area contributed by atoms with Crippen molar-refractivity contribution < 1.29 is 19.1 Å². The maximum Gasteiger partial charge on any atom is 0.359 e. The van der Waals surface area contributed by atoms with Crippen LogP contribution in [0, 0.1) is 3.57 Å². The van der Waals surface area contributed by atoms with Crippen LogP contribution in [0.3, 0.4) is 0 Å². The van der Waals surface area contributed by atoms with Crippen LogP contribution in [0.1, 0.15) is 13.3 Å². The van der Waals surface area contributed by atoms with Gasteiger partial charge >= 0.3 is 5.97 Å². The number of hydrazone groups is 1. The third kappa shape index (κ3) is 5.57. The molecule has 0 radical (unpaired) electrons. The first-order valence-corrected chi connectivity index (χ1v) is 10.2. The second-order valence-electron chi connectivity index (χ2n) is 6.03. The van der Waals surface area contributed by atoms with Gasteiger partial charge in [-0.2, -0.15) is 5.10 Å². The van der Waals surface area contributed by atoms with Crippen molar-refractivity contribution in [1.29, 1.82) is 0 Å². The van der Waals surface area contributed by atoms with E-state index >= 15 is 0 Å². The average molecular weight is 505 g/mol. The van der Waals surface area contributed by atoms with Gasteiger partial charge in [-0.05, 0) is 65.9 Å². The molecule has 0 aromatic heterocycles. The molecule has 3 rings (SSSR count). The zero-order valence-electron chi connectivity index (χ0n) is 15.8. The zero-order valence-corrected chi connectivity index (χ0v) is 17.9. The molecule has 150 valence electrons. The van der Waals surface area contributed by atoms with Crippen molar-refractivity contribution in [3.63, 3.8) is 0 Å². The molecule has 2 aromatic carbocycles. The Labute approximate surface area is 182 Å². The van der Waals surface area contributed by atoms with Gasteiger partial charge < -0.3 is 14.8 Å². The quantitative estimate of drug-likeness (QED) is 0.258. The number of esters is 1. The van der Waals surface area contributed by atoms with Crippen molar-refractivity contribution in [2.45, 2.75) is 13.3 Å². The molecule has 0 saturated heterocycles. The van der Waals surface area contributed by atoms with E-state index in [0.29, 0.717) is 23.4 Å². The second kappa shape index (κ2) is 10.1. The van der Waals surface area contributed by atoms with Gasteiger partial charge in [-0.15, -0.1) is 0 Å². The fourth-order valence-electron chi connectivity index (χ4n) is 2.67. The highest BCUT2D eigenvalue weighted by atomic mass is 127. The van der Waals surface area contributed by atoms with Crippen LogP contribution in [0.15, 0.2) is 71.0 Å². The van der Waals surface area contributed by atoms with Crippen molar-refractivity contribution in [3.8, 4) is 0 Å². The van der Waals surface area contributed by atoms with Gasteiger partial charge in [0.05, 0.1) is 18.9 Å². The summed E-state index contributed by atoms with van der Waals surface area (Å²) in [4.78, 5) is 25.2. The summed E-state index contributed by atoms with van der Waals surface area (Å²) in [5.74, 6) is -0.975. The van der Waals surface area contributed by atoms with E-state index in [0.717, 1.165) is 3.57 Å². The Morgan fingerprint density at radius 3 is 2.52 bits per heavy atom. The summed E-state index contributed by atoms with van der Waals surface area (Å²) in [5, 5.41) is 7.01. The van der Waals surface area contributed by atoms with Gasteiger partial charge in [-0.3, -0.25) is 10.2 Å². The summed E-state index contributed by atoms with van der Waals surface area (Å²) in [6.45, 7) is 2.19. The Balaban J connectivity index is 1.88. The number of para-hydroxylation sites is 1. The molecule has 1 heterocycles. The van der Waals surface area contributed by atoms with Gasteiger partial charge in [0.15, 0.2) is 11.5 Å². The number of nitrogens with one attached hydrogen (secondary N) is 2. The highest BCUT2D eigenvalue weighted by Gasteiger charge is 2.31. The summed E-state index contributed by atoms with van der Waals surface area (Å²) < 4.78 is 11.7. The Morgan fingerprint density at radius 2 is 1.83 bits per heavy atom. The molecular weight excluding hydrogens is 485 g/mol. The largest absolute Gasteiger partial charge is 0.487 e. The average Bonchev–Trinajstić information content (AvgIpc) is 3.20. The molecule has 29 heavy (non-hydrogen) atoms. The van der Waals surface area contributed by atoms with Gasteiger partial charge in [0.1, 0.15) is 0 Å². The minimum atomic E-state index is -0.615. The van der Waals surface area contributed by atoms with E-state index in [2.05, 4.69) is 38.4 Å². The zero-order chi connectivity index (χ0) is 20.6. The first-order chi connectivity index (χ1) is 14.1. The number of hydrogen-bond acceptors (Lipinski definition) is 6. The van der Waals surface area contributed by atoms with Crippen LogP contribution in [-0.4, -0.2) is 30.8 Å². The van der Waals surface area contributed by atoms with E-state index in [9.17, 15) is 9.59 Å². The molecule has 2 aromatic rings. The lowest BCUT2D eigenvalue weighted by molar-refractivity contribution is -0.135. The number of anilines is 2. The first-order valence-electron chi connectivity index (χ1n) is 9.07. The van der Waals surface area contributed by atoms with Crippen LogP contribution in [0.2, 0.25) is 0 Å². The SMILES string of the molecule is CCOC(=O)C(=NNc1ccccc1)C1=C(C(=O)Nc2ccc(I)cc2)OCC1. The molecule has 0 aliphatic carbocycles. The monoisotopic (exact) mass is 505 g/mol. The number of hydrogen-bond donors (Lipinski definition) is 2. The van der Waals surface area contributed by atoms with E-state index in [1.54, 1.807) is 19.1 Å². The maximum absolute atomic E-state index is 12.7. The number of nitrogens with zero attached hydrogens (tertiary/aromatic N) is 1. The predicted octanol–water partition coefficient (Wildman–Crippen LogP) is 3.94. The molecule has 7 nitrogen and oxygen atoms in total. The van der Waals surface area contributed by atoms with Crippen molar-refractivity contribution in [2.24, 2.45) is 5.10 Å². The molecule has 0 spiro atoms. The molecule has 8 heteroatoms. The van der Waals surface area contributed by atoms with Crippen LogP contribution in [0.4, 0.5) is 11.4 Å². The highest BCUT2D eigenvalue weighted by molar-refractivity contribution is 14.1. The second-order valence-corrected chi connectivity index (χ2v) is 7.27. The van der Waals surface area contributed by atoms with Crippen molar-refractivity contribution in [1.82, 2.24) is 0 Å². The minimum absolute atomic E-state index is 0.0287. The molecule has 1 aliphatic rings. The molecule has 0 bridgehead atoms. The van der Waals surface area contributed by atoms with Crippen molar-refractivity contribution in [3.05, 3.63) is 69.5 Å². The van der Waals surface area contributed by atoms with Gasteiger partial charge in [0, 0.05) is 21.3 Å². The normalized spacial score (nSPS) is 13.7. The van der Waals surface area contributed by atoms with E-state index in [1.165, 1.54) is 0 Å². The molecule has 1 amide bonds. The molecular formula is C21H20IN3O4. The molecule has 0 atom stereocenters. The number of benzene rings is 2. The summed E-state index contributed by atoms with van der Waals surface area (Å²) >= 11 is 2.19. The van der Waals surface area contributed by atoms with Gasteiger partial charge in [-0.1, -0.05) is 18.2 Å². The third-order valence-corrected chi connectivity index (χ3v) is 4.73. The smallest absolute Gasteiger partial charge is 0.359 e. The summed E-state index contributed by atoms with van der Waals surface area (Å²) in [6.07, 6.45) is 0.379. The summed E-state index contributed by atoms with van der Waals surface area (Å²) in [7, 11) is 0. The van der Waals surface area contributed by atoms with Crippen LogP contribution in [0.25, 0.3) is 0 Å². The maximum atomic E-state index is 12.7. The van der Waals surface area contributed by atoms with E-state index in [1.807, 2.05) is 42.5 Å². The Hall–Kier alpha value is -2.88. The van der Waals surface area contributed by atoms with Gasteiger partial charge in [0.2, 0.25) is 0 Å². The third-order valence-electron chi connectivity index (χ3n) is 4.01. The molecule has 2 N–H and O–H groups in total. The first kappa shape index (κ1) is 20.8. The Kier molecular flexibility index (Phi) is 7.23. The lowest BCUT2D eigenvalue weighted by Gasteiger charge is -2.10. The van der Waals surface area contributed by atoms with Crippen LogP contribution < -0.4 is 10.7 Å². The highest BCUT2D eigenvalue weighted by Crippen LogP contribution is 2.24. The molecule has 1 aliphatic heterocycles. The minimum Gasteiger partial charge on any atom is -0.487 e. The van der Waals surface area contributed by atoms with Crippen LogP contribution in [0.5, 0.6) is 0 Å². The number of carbonyl (C=O) groups excluding carboxylic acids is 2. The topological polar surface area (TPSA) is 89.0 Å². The van der Waals surface area contributed by atoms with Crippen molar-refractivity contribution in [2.75, 3.05) is 24.0 Å². The van der Waals surface area contributed by atoms with Crippen LogP contribution in [-0.2, 0) is 19.1 Å². The number of halogens is 1. The van der Waals surface area contributed by atoms with E-state index < -0.39 is 11.9 Å². The Bertz CT molecular complexity index is 940. The van der Waals surface area contributed by atoms with Crippen molar-refractivity contribution >= 4 is 51.6 Å². The fraction of sp³-hybridized carbons (Fsp3) is 0.190. The van der Waals surface area contributed by atoms with Gasteiger partial charge in [0.25, 0.3) is 5.91 Å². The standard InChI is InChI=1S/C21H20IN3O4/c1-2-28-21(27)18(25-24-16-6-4-3-5-7-16)17-12-13-29-19(17)20(26)23-15-10-8-14(22)9-11-15/h3-11,24H,2,12-13H2,1H3,(H,23,26). The Morgan fingerprint density at radius 1 is 1.10 bits per heavy atom. The fourth-order valence-corrected chi connectivity index (χ4v) is 3.03. The van der Waals surface area contributed by atoms with E-state index in [-0.39, 0.29) is 24.7 Å². The van der Waals surface area contributed by atoms with Gasteiger partial charge in [-0.25, -0.2) is 4.79 Å². The number of amides is 1. The lowest BCUT2D eigenvalue weighted by atomic mass is 10.1. The molecule has 0 unspecified atom stereocenters. The summed E-state index contributed by atoms with van der Waals surface area (Å²) in [5.41, 5.74) is 4.62. The molecule has 0 saturated carbocycles. The summed E-state index contributed by atoms with van der Waals surface area (Å²) in [6, 6.07) is 16.6. The number of carbonyl (C=O) groups is 2. The number of rotatable bonds is 7. The van der Waals surface area contributed by atoms with E-state index in [4.69, 9.17) is 9.47 Å². The van der Waals surface area contributed by atoms with Crippen LogP contribution >= 0.6 is 22.6 Å². The predicted molar refractivity (Wildman–Crippen MR) is 120 cm³/mol. The molecule has 0 fully saturated rings. The number of ether oxygens (including phenoxy) is 2. The lowest BCUT2D eigenvalue weighted by Crippen LogP contribution is -2.24.